The Morgan fingerprint density at radius 1 is 0.958 bits per heavy atom. The average molecular weight is 330 g/mol. The van der Waals surface area contributed by atoms with Crippen LogP contribution in [0.4, 0.5) is 4.39 Å². The van der Waals surface area contributed by atoms with Crippen LogP contribution in [0.5, 0.6) is 0 Å². The van der Waals surface area contributed by atoms with E-state index in [4.69, 9.17) is 0 Å². The third-order valence-electron chi connectivity index (χ3n) is 5.87. The number of amides is 1. The quantitative estimate of drug-likeness (QED) is 0.837. The van der Waals surface area contributed by atoms with Crippen molar-refractivity contribution >= 4 is 11.7 Å². The molecule has 24 heavy (non-hydrogen) atoms. The van der Waals surface area contributed by atoms with Crippen molar-refractivity contribution in [3.05, 3.63) is 35.1 Å². The smallest absolute Gasteiger partial charge is 0.254 e. The van der Waals surface area contributed by atoms with Crippen molar-refractivity contribution in [2.45, 2.75) is 57.2 Å². The Kier molecular flexibility index (Phi) is 4.12. The summed E-state index contributed by atoms with van der Waals surface area (Å²) in [7, 11) is 0. The van der Waals surface area contributed by atoms with Crippen molar-refractivity contribution in [2.24, 2.45) is 0 Å². The highest BCUT2D eigenvalue weighted by Gasteiger charge is 2.36. The fourth-order valence-electron chi connectivity index (χ4n) is 4.46. The zero-order valence-electron chi connectivity index (χ0n) is 13.8. The van der Waals surface area contributed by atoms with Gasteiger partial charge in [-0.05, 0) is 49.4 Å². The van der Waals surface area contributed by atoms with E-state index in [1.54, 1.807) is 6.07 Å². The van der Waals surface area contributed by atoms with E-state index in [1.165, 1.54) is 12.1 Å². The maximum atomic E-state index is 13.4. The van der Waals surface area contributed by atoms with Gasteiger partial charge in [-0.25, -0.2) is 4.39 Å². The lowest BCUT2D eigenvalue weighted by atomic mass is 9.91. The number of likely N-dealkylation sites (tertiary alicyclic amines) is 1. The van der Waals surface area contributed by atoms with Gasteiger partial charge in [0.15, 0.2) is 0 Å². The van der Waals surface area contributed by atoms with Gasteiger partial charge in [0.2, 0.25) is 0 Å². The summed E-state index contributed by atoms with van der Waals surface area (Å²) in [5.74, 6) is 0.172. The molecule has 1 amide bonds. The highest BCUT2D eigenvalue weighted by Crippen LogP contribution is 2.31. The molecule has 3 aliphatic rings. The Bertz CT molecular complexity index is 657. The normalized spacial score (nSPS) is 23.8. The molecule has 1 aromatic carbocycles. The van der Waals surface area contributed by atoms with Crippen molar-refractivity contribution in [3.63, 3.8) is 0 Å². The van der Waals surface area contributed by atoms with E-state index < -0.39 is 0 Å². The van der Waals surface area contributed by atoms with Gasteiger partial charge in [-0.15, -0.1) is 0 Å². The Labute approximate surface area is 141 Å². The largest absolute Gasteiger partial charge is 0.331 e. The number of rotatable bonds is 2. The van der Waals surface area contributed by atoms with Gasteiger partial charge in [0.25, 0.3) is 5.91 Å². The minimum Gasteiger partial charge on any atom is -0.331 e. The molecule has 128 valence electrons. The van der Waals surface area contributed by atoms with Crippen molar-refractivity contribution in [1.82, 2.24) is 9.80 Å². The molecule has 4 nitrogen and oxygen atoms in total. The monoisotopic (exact) mass is 330 g/mol. The van der Waals surface area contributed by atoms with Gasteiger partial charge in [-0.2, -0.15) is 0 Å². The predicted octanol–water partition coefficient (Wildman–Crippen LogP) is 2.76. The zero-order valence-corrected chi connectivity index (χ0v) is 13.8. The number of fused-ring (bicyclic) bond motifs is 1. The Hall–Kier alpha value is -1.75. The van der Waals surface area contributed by atoms with Gasteiger partial charge >= 0.3 is 0 Å². The Balaban J connectivity index is 1.37. The summed E-state index contributed by atoms with van der Waals surface area (Å²) < 4.78 is 13.4. The summed E-state index contributed by atoms with van der Waals surface area (Å²) in [6, 6.07) is 5.24. The second-order valence-electron chi connectivity index (χ2n) is 7.27. The number of hydrogen-bond acceptors (Lipinski definition) is 3. The lowest BCUT2D eigenvalue weighted by Crippen LogP contribution is -2.49. The molecule has 1 saturated heterocycles. The molecule has 0 N–H and O–H groups in total. The van der Waals surface area contributed by atoms with Crippen molar-refractivity contribution in [3.8, 4) is 0 Å². The first-order chi connectivity index (χ1) is 11.6. The number of benzene rings is 1. The number of nitrogens with zero attached hydrogens (tertiary/aromatic N) is 2. The lowest BCUT2D eigenvalue weighted by molar-refractivity contribution is -0.121. The van der Waals surface area contributed by atoms with Crippen LogP contribution in [-0.4, -0.2) is 46.7 Å². The van der Waals surface area contributed by atoms with Gasteiger partial charge < -0.3 is 9.80 Å². The van der Waals surface area contributed by atoms with E-state index in [0.717, 1.165) is 57.2 Å². The molecule has 4 rings (SSSR count). The van der Waals surface area contributed by atoms with Crippen molar-refractivity contribution < 1.29 is 14.0 Å². The van der Waals surface area contributed by atoms with E-state index in [0.29, 0.717) is 23.9 Å². The molecule has 2 aliphatic heterocycles. The fourth-order valence-corrected chi connectivity index (χ4v) is 4.46. The second-order valence-corrected chi connectivity index (χ2v) is 7.27. The first kappa shape index (κ1) is 15.8. The molecule has 1 aliphatic carbocycles. The van der Waals surface area contributed by atoms with Crippen molar-refractivity contribution in [2.75, 3.05) is 13.1 Å². The number of piperidine rings is 1. The maximum absolute atomic E-state index is 13.4. The van der Waals surface area contributed by atoms with Crippen LogP contribution in [0.15, 0.2) is 18.2 Å². The average Bonchev–Trinajstić information content (AvgIpc) is 2.92. The van der Waals surface area contributed by atoms with E-state index in [1.807, 2.05) is 4.90 Å². The molecular weight excluding hydrogens is 307 g/mol. The molecule has 0 aromatic heterocycles. The third kappa shape index (κ3) is 2.86. The molecular formula is C19H23FN2O2. The number of hydrogen-bond donors (Lipinski definition) is 0. The SMILES string of the molecule is O=C1CCC(N2CCC(N3Cc4cc(F)ccc4C3=O)CC2)CC1. The standard InChI is InChI=1S/C19H23FN2O2/c20-14-1-6-18-13(11-14)12-22(19(18)24)16-7-9-21(10-8-16)15-2-4-17(23)5-3-15/h1,6,11,15-16H,2-5,7-10,12H2. The number of carbonyl (C=O) groups excluding carboxylic acids is 2. The second kappa shape index (κ2) is 6.28. The topological polar surface area (TPSA) is 40.6 Å². The van der Waals surface area contributed by atoms with Gasteiger partial charge in [0.05, 0.1) is 0 Å². The first-order valence-electron chi connectivity index (χ1n) is 8.97. The minimum absolute atomic E-state index is 0.0479. The summed E-state index contributed by atoms with van der Waals surface area (Å²) in [6.07, 6.45) is 5.33. The summed E-state index contributed by atoms with van der Waals surface area (Å²) >= 11 is 0. The van der Waals surface area contributed by atoms with Crippen LogP contribution in [0.25, 0.3) is 0 Å². The highest BCUT2D eigenvalue weighted by atomic mass is 19.1. The maximum Gasteiger partial charge on any atom is 0.254 e. The zero-order chi connectivity index (χ0) is 16.7. The van der Waals surface area contributed by atoms with E-state index >= 15 is 0 Å². The van der Waals surface area contributed by atoms with Crippen LogP contribution >= 0.6 is 0 Å². The lowest BCUT2D eigenvalue weighted by Gasteiger charge is -2.41. The molecule has 2 fully saturated rings. The number of ketones is 1. The van der Waals surface area contributed by atoms with E-state index in [2.05, 4.69) is 4.90 Å². The van der Waals surface area contributed by atoms with Crippen LogP contribution in [-0.2, 0) is 11.3 Å². The molecule has 0 bridgehead atoms. The van der Waals surface area contributed by atoms with Crippen LogP contribution < -0.4 is 0 Å². The predicted molar refractivity (Wildman–Crippen MR) is 88.1 cm³/mol. The molecule has 0 radical (unpaired) electrons. The van der Waals surface area contributed by atoms with Gasteiger partial charge in [-0.3, -0.25) is 9.59 Å². The van der Waals surface area contributed by atoms with Gasteiger partial charge in [0, 0.05) is 50.1 Å². The highest BCUT2D eigenvalue weighted by molar-refractivity contribution is 5.98. The minimum atomic E-state index is -0.273. The molecule has 1 aromatic rings. The van der Waals surface area contributed by atoms with Crippen LogP contribution in [0.2, 0.25) is 0 Å². The number of carbonyl (C=O) groups is 2. The van der Waals surface area contributed by atoms with Crippen LogP contribution in [0.1, 0.15) is 54.4 Å². The molecule has 0 atom stereocenters. The molecule has 1 saturated carbocycles. The number of halogens is 1. The summed E-state index contributed by atoms with van der Waals surface area (Å²) in [5.41, 5.74) is 1.47. The summed E-state index contributed by atoms with van der Waals surface area (Å²) in [6.45, 7) is 2.50. The van der Waals surface area contributed by atoms with Gasteiger partial charge in [-0.1, -0.05) is 0 Å². The fraction of sp³-hybridized carbons (Fsp3) is 0.579. The molecule has 2 heterocycles. The van der Waals surface area contributed by atoms with Crippen LogP contribution in [0, 0.1) is 5.82 Å². The first-order valence-corrected chi connectivity index (χ1v) is 8.97. The molecule has 5 heteroatoms. The number of Topliss-reactive ketones (excluding diaryl/α,β-unsaturated/α-hetero) is 1. The Morgan fingerprint density at radius 2 is 1.67 bits per heavy atom. The van der Waals surface area contributed by atoms with Crippen molar-refractivity contribution in [1.29, 1.82) is 0 Å². The molecule has 0 unspecified atom stereocenters. The third-order valence-corrected chi connectivity index (χ3v) is 5.87. The van der Waals surface area contributed by atoms with Gasteiger partial charge in [0.1, 0.15) is 11.6 Å². The van der Waals surface area contributed by atoms with Crippen LogP contribution in [0.3, 0.4) is 0 Å². The summed E-state index contributed by atoms with van der Waals surface area (Å²) in [5, 5.41) is 0. The van der Waals surface area contributed by atoms with E-state index in [-0.39, 0.29) is 17.8 Å². The molecule has 0 spiro atoms. The van der Waals surface area contributed by atoms with E-state index in [9.17, 15) is 14.0 Å². The summed E-state index contributed by atoms with van der Waals surface area (Å²) in [4.78, 5) is 28.4. The Morgan fingerprint density at radius 3 is 2.38 bits per heavy atom.